The van der Waals surface area contributed by atoms with Crippen molar-refractivity contribution < 1.29 is 48.7 Å². The number of benzene rings is 2. The van der Waals surface area contributed by atoms with Crippen molar-refractivity contribution in [3.05, 3.63) is 92.1 Å². The topological polar surface area (TPSA) is 331 Å². The van der Waals surface area contributed by atoms with Crippen molar-refractivity contribution in [2.24, 2.45) is 17.2 Å². The molecule has 2 aliphatic rings. The molecule has 24 heteroatoms. The number of nitrogens with two attached hydrogens (primary N) is 3. The molecule has 21 nitrogen and oxygen atoms in total. The largest absolute Gasteiger partial charge is 0.547 e. The average molecular weight is 823 g/mol. The number of aromatic nitrogens is 6. The lowest BCUT2D eigenvalue weighted by Gasteiger charge is -2.30. The smallest absolute Gasteiger partial charge is 0.534 e. The van der Waals surface area contributed by atoms with E-state index < -0.39 is 55.9 Å². The van der Waals surface area contributed by atoms with E-state index in [0.29, 0.717) is 33.0 Å². The summed E-state index contributed by atoms with van der Waals surface area (Å²) in [5.74, 6) is 0.00189. The minimum Gasteiger partial charge on any atom is -0.534 e. The summed E-state index contributed by atoms with van der Waals surface area (Å²) in [5.41, 5.74) is 20.0. The number of thiophene rings is 1. The molecule has 0 radical (unpaired) electrons. The molecule has 0 spiro atoms. The Morgan fingerprint density at radius 3 is 2.05 bits per heavy atom. The van der Waals surface area contributed by atoms with Crippen molar-refractivity contribution in [3.63, 3.8) is 0 Å². The fourth-order valence-corrected chi connectivity index (χ4v) is 7.86. The van der Waals surface area contributed by atoms with Crippen LogP contribution >= 0.6 is 11.3 Å². The molecule has 3 aromatic heterocycles. The van der Waals surface area contributed by atoms with Crippen LogP contribution in [0.15, 0.2) is 47.8 Å². The summed E-state index contributed by atoms with van der Waals surface area (Å²) < 4.78 is 13.7. The molecule has 2 amide bonds. The van der Waals surface area contributed by atoms with Gasteiger partial charge in [-0.1, -0.05) is 40.6 Å². The Bertz CT molecular complexity index is 2520. The summed E-state index contributed by atoms with van der Waals surface area (Å²) in [7, 11) is -3.16. The molecule has 5 aromatic rings. The van der Waals surface area contributed by atoms with Gasteiger partial charge in [-0.05, 0) is 48.1 Å². The number of rotatable bonds is 12. The molecule has 7 rings (SSSR count). The summed E-state index contributed by atoms with van der Waals surface area (Å²) in [4.78, 5) is 51.7. The number of hydrogen-bond acceptors (Lipinski definition) is 16. The van der Waals surface area contributed by atoms with Crippen molar-refractivity contribution in [2.75, 3.05) is 6.54 Å². The third-order valence-electron chi connectivity index (χ3n) is 9.59. The number of amides is 2. The summed E-state index contributed by atoms with van der Waals surface area (Å²) in [6, 6.07) is 9.44. The van der Waals surface area contributed by atoms with Crippen molar-refractivity contribution in [1.82, 2.24) is 40.6 Å². The Morgan fingerprint density at radius 1 is 0.881 bits per heavy atom. The van der Waals surface area contributed by atoms with Crippen LogP contribution < -0.4 is 37.1 Å². The maximum absolute atomic E-state index is 14.4. The van der Waals surface area contributed by atoms with E-state index in [1.807, 2.05) is 0 Å². The van der Waals surface area contributed by atoms with Gasteiger partial charge in [-0.25, -0.2) is 19.0 Å². The van der Waals surface area contributed by atoms with Gasteiger partial charge in [-0.3, -0.25) is 9.59 Å². The predicted octanol–water partition coefficient (Wildman–Crippen LogP) is -1.91. The molecular formula is C35H35B2N11O10S. The Labute approximate surface area is 338 Å². The summed E-state index contributed by atoms with van der Waals surface area (Å²) in [6.45, 7) is -0.537. The normalized spacial score (nSPS) is 16.1. The third-order valence-corrected chi connectivity index (χ3v) is 10.6. The first-order valence-corrected chi connectivity index (χ1v) is 18.8. The van der Waals surface area contributed by atoms with Crippen LogP contribution in [0.1, 0.15) is 59.8 Å². The number of hydrogen-bond donors (Lipinski definition) is 9. The standard InChI is InChI=1S/C35H35B2N11O10S/c38-9-3-8-24-22(13-39)43-46-48(24)30(33(50)42-27-12-18-5-2-7-21(35(53)54)32(18)58-37(27)56)25-10-19(16-59-25)29-23(14-40)44-45-47(29)15-28(49)41-26-11-17-4-1-6-20(34(51)52)31(17)57-36(26)55/h1-2,4-7,10,16,26-27,30,55-56H,9,11-15,38-40H2,(H,41,49)(H,42,50)(H,51,52)(H,53,54)/t26-,27-,30?/m0/s1. The van der Waals surface area contributed by atoms with Gasteiger partial charge in [-0.15, -0.1) is 21.5 Å². The molecule has 0 bridgehead atoms. The Kier molecular flexibility index (Phi) is 11.8. The molecule has 302 valence electrons. The number of nitrogens with one attached hydrogen (secondary N) is 2. The van der Waals surface area contributed by atoms with Gasteiger partial charge in [0.15, 0.2) is 6.04 Å². The Balaban J connectivity index is 1.17. The minimum absolute atomic E-state index is 0.00168. The van der Waals surface area contributed by atoms with Crippen LogP contribution in [0.5, 0.6) is 11.5 Å². The van der Waals surface area contributed by atoms with Crippen molar-refractivity contribution >= 4 is 49.3 Å². The SMILES string of the molecule is NCC#Cc1c(CN)nnn1C(C(=O)N[C@H]1Cc2cccc(C(=O)O)c2OB1O)c1cc(-c2c(CN)nnn2CC(=O)N[C@H]2Cc3cccc(C(=O)O)c3OB2O)cs1. The van der Waals surface area contributed by atoms with E-state index in [1.54, 1.807) is 29.6 Å². The monoisotopic (exact) mass is 823 g/mol. The molecule has 5 heterocycles. The number of nitrogens with zero attached hydrogens (tertiary/aromatic N) is 6. The number of carbonyl (C=O) groups is 4. The fourth-order valence-electron chi connectivity index (χ4n) is 6.89. The maximum atomic E-state index is 14.4. The van der Waals surface area contributed by atoms with Crippen molar-refractivity contribution in [2.45, 2.75) is 50.4 Å². The van der Waals surface area contributed by atoms with Gasteiger partial charge in [0, 0.05) is 28.9 Å². The average Bonchev–Trinajstić information content (AvgIpc) is 3.96. The first kappa shape index (κ1) is 40.6. The second-order valence-corrected chi connectivity index (χ2v) is 14.3. The Morgan fingerprint density at radius 2 is 1.47 bits per heavy atom. The van der Waals surface area contributed by atoms with Gasteiger partial charge in [0.25, 0.3) is 0 Å². The van der Waals surface area contributed by atoms with E-state index in [9.17, 15) is 39.4 Å². The van der Waals surface area contributed by atoms with Crippen LogP contribution in [0.4, 0.5) is 0 Å². The van der Waals surface area contributed by atoms with E-state index in [0.717, 1.165) is 11.3 Å². The zero-order chi connectivity index (χ0) is 42.0. The lowest BCUT2D eigenvalue weighted by Crippen LogP contribution is -2.54. The van der Waals surface area contributed by atoms with E-state index in [4.69, 9.17) is 26.5 Å². The van der Waals surface area contributed by atoms with Gasteiger partial charge >= 0.3 is 26.2 Å². The summed E-state index contributed by atoms with van der Waals surface area (Å²) in [5, 5.41) is 64.7. The summed E-state index contributed by atoms with van der Waals surface area (Å²) >= 11 is 1.14. The molecule has 2 aromatic carbocycles. The van der Waals surface area contributed by atoms with Crippen LogP contribution in [0.2, 0.25) is 0 Å². The van der Waals surface area contributed by atoms with E-state index in [2.05, 4.69) is 43.1 Å². The third kappa shape index (κ3) is 8.10. The molecule has 0 saturated heterocycles. The quantitative estimate of drug-likeness (QED) is 0.0490. The van der Waals surface area contributed by atoms with Gasteiger partial charge in [0.2, 0.25) is 11.8 Å². The molecular weight excluding hydrogens is 788 g/mol. The molecule has 0 fully saturated rings. The lowest BCUT2D eigenvalue weighted by atomic mass is 9.72. The maximum Gasteiger partial charge on any atom is 0.547 e. The van der Waals surface area contributed by atoms with E-state index in [-0.39, 0.29) is 73.0 Å². The highest BCUT2D eigenvalue weighted by molar-refractivity contribution is 7.10. The number of para-hydroxylation sites is 2. The summed E-state index contributed by atoms with van der Waals surface area (Å²) in [6.07, 6.45) is 0.119. The molecule has 2 aliphatic heterocycles. The van der Waals surface area contributed by atoms with Gasteiger partial charge in [0.1, 0.15) is 35.1 Å². The number of carboxylic acids is 2. The van der Waals surface area contributed by atoms with Gasteiger partial charge < -0.3 is 57.4 Å². The van der Waals surface area contributed by atoms with Crippen LogP contribution in [0.25, 0.3) is 11.3 Å². The molecule has 0 saturated carbocycles. The molecule has 12 N–H and O–H groups in total. The highest BCUT2D eigenvalue weighted by atomic mass is 32.1. The van der Waals surface area contributed by atoms with Crippen molar-refractivity contribution in [3.8, 4) is 34.6 Å². The number of fused-ring (bicyclic) bond motifs is 2. The van der Waals surface area contributed by atoms with Crippen LogP contribution in [-0.2, 0) is 42.1 Å². The zero-order valence-corrected chi connectivity index (χ0v) is 31.6. The first-order chi connectivity index (χ1) is 28.4. The first-order valence-electron chi connectivity index (χ1n) is 18.0. The van der Waals surface area contributed by atoms with E-state index >= 15 is 0 Å². The number of aromatic carboxylic acids is 2. The molecule has 1 unspecified atom stereocenters. The second kappa shape index (κ2) is 17.1. The highest BCUT2D eigenvalue weighted by Crippen LogP contribution is 2.35. The van der Waals surface area contributed by atoms with Crippen LogP contribution in [0, 0.1) is 11.8 Å². The van der Waals surface area contributed by atoms with Gasteiger partial charge in [-0.2, -0.15) is 0 Å². The Hall–Kier alpha value is -6.61. The minimum atomic E-state index is -1.62. The van der Waals surface area contributed by atoms with Crippen molar-refractivity contribution in [1.29, 1.82) is 0 Å². The molecule has 3 atom stereocenters. The van der Waals surface area contributed by atoms with E-state index in [1.165, 1.54) is 27.6 Å². The highest BCUT2D eigenvalue weighted by Gasteiger charge is 2.41. The lowest BCUT2D eigenvalue weighted by molar-refractivity contribution is -0.124. The molecule has 0 aliphatic carbocycles. The molecule has 59 heavy (non-hydrogen) atoms. The zero-order valence-electron chi connectivity index (χ0n) is 30.8. The number of carboxylic acid groups (broad SMARTS) is 2. The fraction of sp³-hybridized carbons (Fsp3) is 0.257. The second-order valence-electron chi connectivity index (χ2n) is 13.3. The van der Waals surface area contributed by atoms with Crippen LogP contribution in [-0.4, -0.2) is 107 Å². The predicted molar refractivity (Wildman–Crippen MR) is 208 cm³/mol. The number of carbonyl (C=O) groups excluding carboxylic acids is 2. The van der Waals surface area contributed by atoms with Crippen LogP contribution in [0.3, 0.4) is 0 Å². The van der Waals surface area contributed by atoms with Gasteiger partial charge in [0.05, 0.1) is 35.2 Å².